The van der Waals surface area contributed by atoms with Gasteiger partial charge in [-0.2, -0.15) is 0 Å². The van der Waals surface area contributed by atoms with E-state index in [-0.39, 0.29) is 29.6 Å². The molecule has 9 nitrogen and oxygen atoms in total. The van der Waals surface area contributed by atoms with Crippen LogP contribution < -0.4 is 19.7 Å². The molecule has 9 heteroatoms. The molecule has 0 spiro atoms. The van der Waals surface area contributed by atoms with E-state index < -0.39 is 30.4 Å². The molecule has 1 aliphatic rings. The summed E-state index contributed by atoms with van der Waals surface area (Å²) in [6, 6.07) is 10.7. The summed E-state index contributed by atoms with van der Waals surface area (Å²) in [6.07, 6.45) is 1.34. The van der Waals surface area contributed by atoms with Crippen molar-refractivity contribution in [3.63, 3.8) is 0 Å². The summed E-state index contributed by atoms with van der Waals surface area (Å²) in [5, 5.41) is 11.0. The highest BCUT2D eigenvalue weighted by Crippen LogP contribution is 2.30. The third-order valence-electron chi connectivity index (χ3n) is 4.85. The molecule has 33 heavy (non-hydrogen) atoms. The van der Waals surface area contributed by atoms with Gasteiger partial charge < -0.3 is 14.6 Å². The summed E-state index contributed by atoms with van der Waals surface area (Å²) >= 11 is 0. The summed E-state index contributed by atoms with van der Waals surface area (Å²) in [4.78, 5) is 49.6. The minimum Gasteiger partial charge on any atom is -0.490 e. The monoisotopic (exact) mass is 452 g/mol. The maximum atomic E-state index is 13.1. The first-order chi connectivity index (χ1) is 15.7. The number of ether oxygens (including phenoxy) is 2. The molecule has 1 heterocycles. The average Bonchev–Trinajstić information content (AvgIpc) is 2.76. The van der Waals surface area contributed by atoms with Crippen LogP contribution in [0, 0.1) is 0 Å². The van der Waals surface area contributed by atoms with Gasteiger partial charge in [0.1, 0.15) is 5.57 Å². The van der Waals surface area contributed by atoms with Crippen LogP contribution in [0.25, 0.3) is 6.08 Å². The molecule has 0 radical (unpaired) electrons. The molecule has 4 amide bonds. The van der Waals surface area contributed by atoms with E-state index in [0.717, 1.165) is 10.5 Å². The highest BCUT2D eigenvalue weighted by Gasteiger charge is 2.36. The smallest absolute Gasteiger partial charge is 0.341 e. The maximum absolute atomic E-state index is 13.1. The number of aliphatic carboxylic acids is 1. The van der Waals surface area contributed by atoms with Crippen molar-refractivity contribution in [1.29, 1.82) is 0 Å². The number of imide groups is 2. The van der Waals surface area contributed by atoms with Gasteiger partial charge in [-0.3, -0.25) is 14.9 Å². The lowest BCUT2D eigenvalue weighted by atomic mass is 10.0. The molecule has 1 fully saturated rings. The fourth-order valence-electron chi connectivity index (χ4n) is 3.21. The van der Waals surface area contributed by atoms with Crippen LogP contribution in [0.4, 0.5) is 10.5 Å². The van der Waals surface area contributed by atoms with Crippen LogP contribution in [0.5, 0.6) is 11.5 Å². The largest absolute Gasteiger partial charge is 0.490 e. The summed E-state index contributed by atoms with van der Waals surface area (Å²) in [5.41, 5.74) is 1.59. The summed E-state index contributed by atoms with van der Waals surface area (Å²) in [7, 11) is 0. The Morgan fingerprint density at radius 3 is 2.36 bits per heavy atom. The molecule has 0 unspecified atom stereocenters. The molecular formula is C24H24N2O7. The van der Waals surface area contributed by atoms with E-state index in [1.807, 2.05) is 26.0 Å². The van der Waals surface area contributed by atoms with Crippen molar-refractivity contribution < 1.29 is 33.8 Å². The van der Waals surface area contributed by atoms with Crippen molar-refractivity contribution in [2.24, 2.45) is 0 Å². The van der Waals surface area contributed by atoms with Crippen LogP contribution in [0.1, 0.15) is 37.8 Å². The molecule has 172 valence electrons. The van der Waals surface area contributed by atoms with Gasteiger partial charge in [0.15, 0.2) is 18.1 Å². The number of nitrogens with one attached hydrogen (secondary N) is 1. The molecule has 0 atom stereocenters. The van der Waals surface area contributed by atoms with Gasteiger partial charge in [0.2, 0.25) is 0 Å². The third-order valence-corrected chi connectivity index (χ3v) is 4.85. The van der Waals surface area contributed by atoms with E-state index in [4.69, 9.17) is 14.6 Å². The number of urea groups is 1. The van der Waals surface area contributed by atoms with Gasteiger partial charge in [-0.1, -0.05) is 32.0 Å². The SMILES string of the molecule is CCOc1cc(C=C2C(=O)NC(=O)N(c3ccc(C(C)C)cc3)C2=O)ccc1OCC(=O)O. The molecule has 0 aromatic heterocycles. The van der Waals surface area contributed by atoms with Gasteiger partial charge in [-0.05, 0) is 54.3 Å². The Morgan fingerprint density at radius 2 is 1.76 bits per heavy atom. The highest BCUT2D eigenvalue weighted by molar-refractivity contribution is 6.39. The number of carbonyl (C=O) groups excluding carboxylic acids is 3. The normalized spacial score (nSPS) is 15.1. The standard InChI is InChI=1S/C24H24N2O7/c1-4-32-20-12-15(5-10-19(20)33-13-21(27)28)11-18-22(29)25-24(31)26(23(18)30)17-8-6-16(7-9-17)14(2)3/h5-12,14H,4,13H2,1-3H3,(H,27,28)(H,25,29,31). The van der Waals surface area contributed by atoms with Gasteiger partial charge in [0.25, 0.3) is 11.8 Å². The van der Waals surface area contributed by atoms with Gasteiger partial charge in [-0.25, -0.2) is 14.5 Å². The maximum Gasteiger partial charge on any atom is 0.341 e. The van der Waals surface area contributed by atoms with Crippen LogP contribution in [-0.4, -0.2) is 42.1 Å². The van der Waals surface area contributed by atoms with Crippen molar-refractivity contribution in [2.75, 3.05) is 18.1 Å². The Kier molecular flexibility index (Phi) is 7.12. The molecule has 0 bridgehead atoms. The number of carboxylic acid groups (broad SMARTS) is 1. The van der Waals surface area contributed by atoms with E-state index in [9.17, 15) is 19.2 Å². The minimum absolute atomic E-state index is 0.211. The zero-order valence-electron chi connectivity index (χ0n) is 18.5. The Labute approximate surface area is 190 Å². The molecule has 0 saturated carbocycles. The van der Waals surface area contributed by atoms with Crippen LogP contribution in [0.15, 0.2) is 48.0 Å². The number of amides is 4. The Hall–Kier alpha value is -4.14. The number of carbonyl (C=O) groups is 4. The number of barbiturate groups is 1. The lowest BCUT2D eigenvalue weighted by Gasteiger charge is -2.26. The van der Waals surface area contributed by atoms with Gasteiger partial charge in [0.05, 0.1) is 12.3 Å². The molecule has 2 N–H and O–H groups in total. The second-order valence-corrected chi connectivity index (χ2v) is 7.53. The van der Waals surface area contributed by atoms with Gasteiger partial charge in [-0.15, -0.1) is 0 Å². The summed E-state index contributed by atoms with van der Waals surface area (Å²) < 4.78 is 10.7. The number of benzene rings is 2. The van der Waals surface area contributed by atoms with Crippen LogP contribution >= 0.6 is 0 Å². The van der Waals surface area contributed by atoms with E-state index in [1.54, 1.807) is 25.1 Å². The summed E-state index contributed by atoms with van der Waals surface area (Å²) in [5.74, 6) is -1.96. The topological polar surface area (TPSA) is 122 Å². The van der Waals surface area contributed by atoms with Crippen molar-refractivity contribution >= 4 is 35.6 Å². The molecule has 1 saturated heterocycles. The van der Waals surface area contributed by atoms with Crippen molar-refractivity contribution in [1.82, 2.24) is 5.32 Å². The van der Waals surface area contributed by atoms with Crippen LogP contribution in [0.3, 0.4) is 0 Å². The van der Waals surface area contributed by atoms with Crippen molar-refractivity contribution in [3.05, 3.63) is 59.2 Å². The first kappa shape index (κ1) is 23.5. The Morgan fingerprint density at radius 1 is 1.06 bits per heavy atom. The second-order valence-electron chi connectivity index (χ2n) is 7.53. The van der Waals surface area contributed by atoms with E-state index in [1.165, 1.54) is 18.2 Å². The third kappa shape index (κ3) is 5.38. The predicted octanol–water partition coefficient (Wildman–Crippen LogP) is 3.34. The number of hydrogen-bond acceptors (Lipinski definition) is 6. The predicted molar refractivity (Wildman–Crippen MR) is 120 cm³/mol. The minimum atomic E-state index is -1.14. The number of hydrogen-bond donors (Lipinski definition) is 2. The molecular weight excluding hydrogens is 428 g/mol. The van der Waals surface area contributed by atoms with E-state index in [0.29, 0.717) is 11.3 Å². The van der Waals surface area contributed by atoms with E-state index in [2.05, 4.69) is 5.32 Å². The van der Waals surface area contributed by atoms with Crippen LogP contribution in [-0.2, 0) is 14.4 Å². The number of carboxylic acids is 1. The quantitative estimate of drug-likeness (QED) is 0.465. The summed E-state index contributed by atoms with van der Waals surface area (Å²) in [6.45, 7) is 5.55. The zero-order chi connectivity index (χ0) is 24.1. The van der Waals surface area contributed by atoms with Gasteiger partial charge in [0, 0.05) is 0 Å². The number of nitrogens with zero attached hydrogens (tertiary/aromatic N) is 1. The van der Waals surface area contributed by atoms with Gasteiger partial charge >= 0.3 is 12.0 Å². The molecule has 2 aromatic rings. The first-order valence-electron chi connectivity index (χ1n) is 10.3. The highest BCUT2D eigenvalue weighted by atomic mass is 16.5. The second kappa shape index (κ2) is 9.99. The van der Waals surface area contributed by atoms with Crippen LogP contribution in [0.2, 0.25) is 0 Å². The van der Waals surface area contributed by atoms with E-state index >= 15 is 0 Å². The number of rotatable bonds is 8. The van der Waals surface area contributed by atoms with Crippen molar-refractivity contribution in [2.45, 2.75) is 26.7 Å². The zero-order valence-corrected chi connectivity index (χ0v) is 18.5. The Bertz CT molecular complexity index is 1120. The molecule has 0 aliphatic carbocycles. The molecule has 2 aromatic carbocycles. The Balaban J connectivity index is 1.93. The molecule has 1 aliphatic heterocycles. The average molecular weight is 452 g/mol. The first-order valence-corrected chi connectivity index (χ1v) is 10.3. The lowest BCUT2D eigenvalue weighted by molar-refractivity contribution is -0.139. The number of anilines is 1. The van der Waals surface area contributed by atoms with Crippen molar-refractivity contribution in [3.8, 4) is 11.5 Å². The molecule has 3 rings (SSSR count). The fourth-order valence-corrected chi connectivity index (χ4v) is 3.21. The fraction of sp³-hybridized carbons (Fsp3) is 0.250. The lowest BCUT2D eigenvalue weighted by Crippen LogP contribution is -2.54.